The molecule has 0 radical (unpaired) electrons. The highest BCUT2D eigenvalue weighted by Crippen LogP contribution is 2.66. The van der Waals surface area contributed by atoms with Crippen molar-refractivity contribution < 1.29 is 43.3 Å². The molecule has 9 rings (SSSR count). The summed E-state index contributed by atoms with van der Waals surface area (Å²) < 4.78 is 17.7. The minimum absolute atomic E-state index is 0.0492. The molecule has 70 heavy (non-hydrogen) atoms. The van der Waals surface area contributed by atoms with Crippen LogP contribution in [0.2, 0.25) is 0 Å². The van der Waals surface area contributed by atoms with Gasteiger partial charge in [0.05, 0.1) is 37.4 Å². The van der Waals surface area contributed by atoms with Crippen LogP contribution in [0.25, 0.3) is 0 Å². The number of carbonyl (C=O) groups is 5. The summed E-state index contributed by atoms with van der Waals surface area (Å²) in [6.45, 7) is 4.23. The van der Waals surface area contributed by atoms with Gasteiger partial charge in [0.25, 0.3) is 0 Å². The van der Waals surface area contributed by atoms with Gasteiger partial charge in [-0.1, -0.05) is 124 Å². The molecule has 7 atom stereocenters. The fourth-order valence-corrected chi connectivity index (χ4v) is 11.5. The van der Waals surface area contributed by atoms with Gasteiger partial charge < -0.3 is 29.5 Å². The monoisotopic (exact) mass is 946 g/mol. The summed E-state index contributed by atoms with van der Waals surface area (Å²) in [5, 5.41) is 12.5. The minimum atomic E-state index is -1.98. The summed E-state index contributed by atoms with van der Waals surface area (Å²) in [7, 11) is 1.24. The fourth-order valence-electron chi connectivity index (χ4n) is 11.5. The summed E-state index contributed by atoms with van der Waals surface area (Å²) in [4.78, 5) is 82.0. The van der Waals surface area contributed by atoms with E-state index in [1.165, 1.54) is 7.11 Å². The van der Waals surface area contributed by atoms with E-state index in [4.69, 9.17) is 14.2 Å². The fraction of sp³-hybridized carbons (Fsp3) is 0.421. The summed E-state index contributed by atoms with van der Waals surface area (Å²) >= 11 is 0. The first kappa shape index (κ1) is 48.3. The maximum Gasteiger partial charge on any atom is 0.329 e. The van der Waals surface area contributed by atoms with Crippen LogP contribution >= 0.6 is 0 Å². The second-order valence-electron chi connectivity index (χ2n) is 19.3. The molecular weight excluding hydrogens is 885 g/mol. The number of anilines is 1. The van der Waals surface area contributed by atoms with Gasteiger partial charge in [-0.05, 0) is 103 Å². The number of aliphatic hydroxyl groups is 1. The molecule has 0 bridgehead atoms. The number of allylic oxidation sites excluding steroid dienone is 2. The normalized spacial score (nSPS) is 24.8. The number of carbonyl (C=O) groups excluding carboxylic acids is 5. The van der Waals surface area contributed by atoms with Crippen molar-refractivity contribution in [3.63, 3.8) is 0 Å². The average molecular weight is 947 g/mol. The molecule has 3 fully saturated rings. The standard InChI is InChI=1S/C57H62N4O9/c1-37(2)47(53(64)68-3)58-56(67)60-45-31-26-39(25-24-38-18-10-7-11-19-38)36-44(45)57(55(60)66)46(52(63)59-32-16-5-4-6-17-33-59)49-54(65)70-50(41-22-14-9-15-23-41)48(40-20-12-8-13-21-40)61(49)51(57)42-27-29-43(30-28-42)69-35-34-62/h8-9,12-15,18,20-23,26-31,36-37,46-51,62H,4-7,10-11,16-17,19,32-35H2,1-3H3,(H,58,67)/t46-,47+,48-,49-,50+,51+,57-/m1/s1. The van der Waals surface area contributed by atoms with Crippen LogP contribution < -0.4 is 15.0 Å². The Morgan fingerprint density at radius 2 is 1.50 bits per heavy atom. The zero-order valence-corrected chi connectivity index (χ0v) is 40.2. The van der Waals surface area contributed by atoms with Crippen LogP contribution in [0.1, 0.15) is 118 Å². The Hall–Kier alpha value is -6.75. The maximum absolute atomic E-state index is 16.8. The average Bonchev–Trinajstić information content (AvgIpc) is 3.83. The SMILES string of the molecule is COC(=O)[C@@H](NC(=O)N1C(=O)[C@@]2(c3cc(C#CC4=CCCCC4)ccc31)[C@H](c1ccc(OCCO)cc1)N1[C@H](c3ccccc3)[C@H](c3ccccc3)OC(=O)[C@H]1[C@@H]2C(=O)N1CCCCCCC1)C(C)C. The number of amides is 4. The van der Waals surface area contributed by atoms with Crippen LogP contribution in [0.4, 0.5) is 10.5 Å². The van der Waals surface area contributed by atoms with Gasteiger partial charge in [-0.25, -0.2) is 14.5 Å². The second kappa shape index (κ2) is 21.1. The number of morpholine rings is 1. The lowest BCUT2D eigenvalue weighted by Gasteiger charge is -2.46. The molecule has 13 nitrogen and oxygen atoms in total. The number of nitrogens with zero attached hydrogens (tertiary/aromatic N) is 3. The van der Waals surface area contributed by atoms with Gasteiger partial charge in [-0.15, -0.1) is 0 Å². The zero-order chi connectivity index (χ0) is 48.9. The first-order valence-electron chi connectivity index (χ1n) is 24.9. The van der Waals surface area contributed by atoms with Gasteiger partial charge in [0.15, 0.2) is 0 Å². The lowest BCUT2D eigenvalue weighted by atomic mass is 9.64. The Labute approximate surface area is 410 Å². The summed E-state index contributed by atoms with van der Waals surface area (Å²) in [5.41, 5.74) is 2.25. The topological polar surface area (TPSA) is 155 Å². The smallest absolute Gasteiger partial charge is 0.329 e. The molecule has 4 aromatic rings. The lowest BCUT2D eigenvalue weighted by molar-refractivity contribution is -0.179. The van der Waals surface area contributed by atoms with E-state index in [0.29, 0.717) is 35.5 Å². The number of hydrogen-bond acceptors (Lipinski definition) is 10. The van der Waals surface area contributed by atoms with E-state index in [1.54, 1.807) is 38.1 Å². The van der Waals surface area contributed by atoms with Crippen LogP contribution in [0.3, 0.4) is 0 Å². The highest BCUT2D eigenvalue weighted by atomic mass is 16.6. The molecule has 3 saturated heterocycles. The van der Waals surface area contributed by atoms with Crippen molar-refractivity contribution in [3.05, 3.63) is 143 Å². The van der Waals surface area contributed by atoms with Crippen molar-refractivity contribution in [1.82, 2.24) is 15.1 Å². The number of benzene rings is 4. The van der Waals surface area contributed by atoms with E-state index in [-0.39, 0.29) is 24.8 Å². The van der Waals surface area contributed by atoms with Crippen molar-refractivity contribution in [2.45, 2.75) is 107 Å². The summed E-state index contributed by atoms with van der Waals surface area (Å²) in [6.07, 6.45) is 9.53. The molecule has 5 aliphatic rings. The number of nitrogens with one attached hydrogen (secondary N) is 1. The predicted octanol–water partition coefficient (Wildman–Crippen LogP) is 8.28. The number of likely N-dealkylation sites (tertiary alicyclic amines) is 1. The molecular formula is C57H62N4O9. The van der Waals surface area contributed by atoms with Crippen LogP contribution in [-0.4, -0.2) is 90.2 Å². The molecule has 4 aliphatic heterocycles. The molecule has 4 aromatic carbocycles. The molecule has 1 aliphatic carbocycles. The first-order chi connectivity index (χ1) is 34.1. The number of methoxy groups -OCH3 is 1. The molecule has 4 heterocycles. The largest absolute Gasteiger partial charge is 0.491 e. The predicted molar refractivity (Wildman–Crippen MR) is 263 cm³/mol. The molecule has 0 saturated carbocycles. The van der Waals surface area contributed by atoms with Crippen LogP contribution in [0.5, 0.6) is 5.75 Å². The summed E-state index contributed by atoms with van der Waals surface area (Å²) in [6, 6.07) is 26.4. The number of imide groups is 1. The highest BCUT2D eigenvalue weighted by Gasteiger charge is 2.76. The van der Waals surface area contributed by atoms with Crippen molar-refractivity contribution in [2.75, 3.05) is 38.3 Å². The third kappa shape index (κ3) is 8.99. The Morgan fingerprint density at radius 1 is 0.814 bits per heavy atom. The number of hydrogen-bond donors (Lipinski definition) is 2. The van der Waals surface area contributed by atoms with E-state index < -0.39 is 71.4 Å². The Morgan fingerprint density at radius 3 is 2.14 bits per heavy atom. The summed E-state index contributed by atoms with van der Waals surface area (Å²) in [5.74, 6) is 2.90. The van der Waals surface area contributed by atoms with Gasteiger partial charge in [0.2, 0.25) is 11.8 Å². The number of rotatable bonds is 10. The molecule has 0 unspecified atom stereocenters. The number of cyclic esters (lactones) is 1. The number of aliphatic hydroxyl groups excluding tert-OH is 1. The van der Waals surface area contributed by atoms with E-state index in [1.807, 2.05) is 88.7 Å². The third-order valence-corrected chi connectivity index (χ3v) is 14.7. The Balaban J connectivity index is 1.36. The number of ether oxygens (including phenoxy) is 3. The molecule has 4 amide bonds. The Kier molecular flexibility index (Phi) is 14.5. The molecule has 13 heteroatoms. The van der Waals surface area contributed by atoms with Crippen LogP contribution in [-0.2, 0) is 34.1 Å². The zero-order valence-electron chi connectivity index (χ0n) is 40.2. The van der Waals surface area contributed by atoms with Gasteiger partial charge >= 0.3 is 18.0 Å². The number of esters is 2. The lowest BCUT2D eigenvalue weighted by Crippen LogP contribution is -2.58. The van der Waals surface area contributed by atoms with Gasteiger partial charge in [-0.3, -0.25) is 19.3 Å². The Bertz CT molecular complexity index is 2670. The van der Waals surface area contributed by atoms with E-state index in [2.05, 4.69) is 23.2 Å². The van der Waals surface area contributed by atoms with E-state index in [0.717, 1.165) is 79.4 Å². The van der Waals surface area contributed by atoms with Gasteiger partial charge in [0, 0.05) is 18.7 Å². The van der Waals surface area contributed by atoms with Crippen molar-refractivity contribution >= 4 is 35.5 Å². The van der Waals surface area contributed by atoms with Crippen molar-refractivity contribution in [1.29, 1.82) is 0 Å². The van der Waals surface area contributed by atoms with Crippen LogP contribution in [0, 0.1) is 23.7 Å². The van der Waals surface area contributed by atoms with Crippen molar-refractivity contribution in [3.8, 4) is 17.6 Å². The quantitative estimate of drug-likeness (QED) is 0.117. The first-order valence-corrected chi connectivity index (χ1v) is 24.9. The maximum atomic E-state index is 16.8. The molecule has 2 N–H and O–H groups in total. The van der Waals surface area contributed by atoms with Crippen molar-refractivity contribution in [2.24, 2.45) is 11.8 Å². The van der Waals surface area contributed by atoms with Crippen LogP contribution in [0.15, 0.2) is 115 Å². The molecule has 1 spiro atoms. The highest BCUT2D eigenvalue weighted by molar-refractivity contribution is 6.25. The van der Waals surface area contributed by atoms with Gasteiger partial charge in [-0.2, -0.15) is 0 Å². The molecule has 364 valence electrons. The number of fused-ring (bicyclic) bond motifs is 3. The van der Waals surface area contributed by atoms with E-state index in [9.17, 15) is 9.90 Å². The second-order valence-corrected chi connectivity index (χ2v) is 19.3. The molecule has 0 aromatic heterocycles. The number of urea groups is 1. The minimum Gasteiger partial charge on any atom is -0.491 e. The van der Waals surface area contributed by atoms with E-state index >= 15 is 19.2 Å². The third-order valence-electron chi connectivity index (χ3n) is 14.7. The van der Waals surface area contributed by atoms with Gasteiger partial charge in [0.1, 0.15) is 36.0 Å².